The van der Waals surface area contributed by atoms with E-state index in [2.05, 4.69) is 10.6 Å². The van der Waals surface area contributed by atoms with E-state index in [0.29, 0.717) is 13.1 Å². The Labute approximate surface area is 118 Å². The molecule has 5 heteroatoms. The molecule has 0 atom stereocenters. The van der Waals surface area contributed by atoms with Gasteiger partial charge < -0.3 is 15.7 Å². The van der Waals surface area contributed by atoms with Crippen LogP contribution >= 0.6 is 0 Å². The molecule has 1 aromatic rings. The Balaban J connectivity index is 1.73. The Kier molecular flexibility index (Phi) is 4.39. The number of rotatable bonds is 5. The van der Waals surface area contributed by atoms with Crippen molar-refractivity contribution in [2.75, 3.05) is 13.2 Å². The number of carbonyl (C=O) groups is 2. The fourth-order valence-electron chi connectivity index (χ4n) is 1.88. The lowest BCUT2D eigenvalue weighted by molar-refractivity contribution is -0.139. The summed E-state index contributed by atoms with van der Waals surface area (Å²) in [6.45, 7) is 2.74. The van der Waals surface area contributed by atoms with E-state index in [-0.39, 0.29) is 12.0 Å². The first-order chi connectivity index (χ1) is 9.54. The summed E-state index contributed by atoms with van der Waals surface area (Å²) in [5.74, 6) is -1.28. The van der Waals surface area contributed by atoms with Gasteiger partial charge in [0.15, 0.2) is 0 Å². The van der Waals surface area contributed by atoms with Crippen molar-refractivity contribution in [2.45, 2.75) is 26.3 Å². The molecule has 0 radical (unpaired) electrons. The minimum Gasteiger partial charge on any atom is -0.396 e. The lowest BCUT2D eigenvalue weighted by Crippen LogP contribution is -2.42. The Morgan fingerprint density at radius 3 is 2.30 bits per heavy atom. The van der Waals surface area contributed by atoms with Crippen molar-refractivity contribution in [1.82, 2.24) is 10.6 Å². The maximum absolute atomic E-state index is 11.6. The molecule has 2 amide bonds. The topological polar surface area (TPSA) is 78.4 Å². The van der Waals surface area contributed by atoms with Crippen LogP contribution in [0.1, 0.15) is 24.0 Å². The zero-order valence-electron chi connectivity index (χ0n) is 11.6. The normalized spacial score (nSPS) is 15.5. The standard InChI is InChI=1S/C15H20N2O3/c1-11-2-4-12(5-3-11)8-16-13(19)14(20)17-9-15(10-18)6-7-15/h2-5,18H,6-10H2,1H3,(H,16,19)(H,17,20). The van der Waals surface area contributed by atoms with Crippen LogP contribution in [-0.2, 0) is 16.1 Å². The highest BCUT2D eigenvalue weighted by atomic mass is 16.3. The second-order valence-corrected chi connectivity index (χ2v) is 5.51. The van der Waals surface area contributed by atoms with Crippen molar-refractivity contribution in [1.29, 1.82) is 0 Å². The Morgan fingerprint density at radius 1 is 1.15 bits per heavy atom. The molecule has 1 saturated carbocycles. The maximum atomic E-state index is 11.6. The predicted molar refractivity (Wildman–Crippen MR) is 74.8 cm³/mol. The van der Waals surface area contributed by atoms with E-state index >= 15 is 0 Å². The number of nitrogens with one attached hydrogen (secondary N) is 2. The Bertz CT molecular complexity index is 492. The molecule has 0 saturated heterocycles. The molecule has 1 aromatic carbocycles. The van der Waals surface area contributed by atoms with Gasteiger partial charge in [-0.15, -0.1) is 0 Å². The zero-order chi connectivity index (χ0) is 14.6. The number of carbonyl (C=O) groups excluding carboxylic acids is 2. The Hall–Kier alpha value is -1.88. The van der Waals surface area contributed by atoms with Crippen LogP contribution in [0.25, 0.3) is 0 Å². The van der Waals surface area contributed by atoms with Gasteiger partial charge >= 0.3 is 11.8 Å². The second kappa shape index (κ2) is 6.05. The van der Waals surface area contributed by atoms with Crippen molar-refractivity contribution in [3.63, 3.8) is 0 Å². The van der Waals surface area contributed by atoms with Crippen LogP contribution in [-0.4, -0.2) is 30.1 Å². The first kappa shape index (κ1) is 14.5. The molecule has 0 aliphatic heterocycles. The summed E-state index contributed by atoms with van der Waals surface area (Å²) in [4.78, 5) is 23.2. The molecule has 1 fully saturated rings. The van der Waals surface area contributed by atoms with Crippen LogP contribution in [0.5, 0.6) is 0 Å². The second-order valence-electron chi connectivity index (χ2n) is 5.51. The van der Waals surface area contributed by atoms with E-state index in [1.54, 1.807) is 0 Å². The van der Waals surface area contributed by atoms with Gasteiger partial charge in [0.2, 0.25) is 0 Å². The third-order valence-electron chi connectivity index (χ3n) is 3.70. The van der Waals surface area contributed by atoms with Crippen molar-refractivity contribution >= 4 is 11.8 Å². The fourth-order valence-corrected chi connectivity index (χ4v) is 1.88. The number of aryl methyl sites for hydroxylation is 1. The molecule has 0 heterocycles. The zero-order valence-corrected chi connectivity index (χ0v) is 11.6. The lowest BCUT2D eigenvalue weighted by Gasteiger charge is -2.12. The minimum atomic E-state index is -0.642. The van der Waals surface area contributed by atoms with Crippen molar-refractivity contribution in [3.05, 3.63) is 35.4 Å². The van der Waals surface area contributed by atoms with Gasteiger partial charge in [0.05, 0.1) is 6.61 Å². The van der Waals surface area contributed by atoms with E-state index < -0.39 is 11.8 Å². The van der Waals surface area contributed by atoms with Gasteiger partial charge in [-0.05, 0) is 25.3 Å². The summed E-state index contributed by atoms with van der Waals surface area (Å²) in [7, 11) is 0. The summed E-state index contributed by atoms with van der Waals surface area (Å²) in [5.41, 5.74) is 1.91. The molecule has 0 bridgehead atoms. The molecule has 20 heavy (non-hydrogen) atoms. The molecule has 5 nitrogen and oxygen atoms in total. The molecule has 1 aliphatic rings. The van der Waals surface area contributed by atoms with Crippen LogP contribution in [0.4, 0.5) is 0 Å². The molecule has 1 aliphatic carbocycles. The van der Waals surface area contributed by atoms with Gasteiger partial charge in [0.25, 0.3) is 0 Å². The first-order valence-corrected chi connectivity index (χ1v) is 6.77. The summed E-state index contributed by atoms with van der Waals surface area (Å²) >= 11 is 0. The molecule has 108 valence electrons. The largest absolute Gasteiger partial charge is 0.396 e. The van der Waals surface area contributed by atoms with Crippen molar-refractivity contribution < 1.29 is 14.7 Å². The van der Waals surface area contributed by atoms with Crippen LogP contribution in [0, 0.1) is 12.3 Å². The van der Waals surface area contributed by atoms with Crippen LogP contribution in [0.3, 0.4) is 0 Å². The molecule has 0 aromatic heterocycles. The number of aliphatic hydroxyl groups excluding tert-OH is 1. The van der Waals surface area contributed by atoms with Gasteiger partial charge in [0.1, 0.15) is 0 Å². The quantitative estimate of drug-likeness (QED) is 0.685. The third-order valence-corrected chi connectivity index (χ3v) is 3.70. The SMILES string of the molecule is Cc1ccc(CNC(=O)C(=O)NCC2(CO)CC2)cc1. The maximum Gasteiger partial charge on any atom is 0.309 e. The lowest BCUT2D eigenvalue weighted by atomic mass is 10.1. The van der Waals surface area contributed by atoms with E-state index in [0.717, 1.165) is 24.0 Å². The molecule has 3 N–H and O–H groups in total. The predicted octanol–water partition coefficient (Wildman–Crippen LogP) is 0.500. The highest BCUT2D eigenvalue weighted by molar-refractivity contribution is 6.35. The van der Waals surface area contributed by atoms with E-state index in [9.17, 15) is 9.59 Å². The molecular formula is C15H20N2O3. The van der Waals surface area contributed by atoms with Gasteiger partial charge in [-0.3, -0.25) is 9.59 Å². The van der Waals surface area contributed by atoms with E-state index in [1.165, 1.54) is 0 Å². The van der Waals surface area contributed by atoms with E-state index in [1.807, 2.05) is 31.2 Å². The highest BCUT2D eigenvalue weighted by Crippen LogP contribution is 2.44. The Morgan fingerprint density at radius 2 is 1.75 bits per heavy atom. The highest BCUT2D eigenvalue weighted by Gasteiger charge is 2.42. The van der Waals surface area contributed by atoms with Crippen molar-refractivity contribution in [2.24, 2.45) is 5.41 Å². The van der Waals surface area contributed by atoms with Crippen molar-refractivity contribution in [3.8, 4) is 0 Å². The smallest absolute Gasteiger partial charge is 0.309 e. The van der Waals surface area contributed by atoms with Crippen LogP contribution in [0.2, 0.25) is 0 Å². The number of amides is 2. The molecular weight excluding hydrogens is 256 g/mol. The van der Waals surface area contributed by atoms with Gasteiger partial charge in [-0.1, -0.05) is 29.8 Å². The average molecular weight is 276 g/mol. The number of benzene rings is 1. The van der Waals surface area contributed by atoms with Gasteiger partial charge in [0, 0.05) is 18.5 Å². The first-order valence-electron chi connectivity index (χ1n) is 6.77. The fraction of sp³-hybridized carbons (Fsp3) is 0.467. The number of hydrogen-bond acceptors (Lipinski definition) is 3. The van der Waals surface area contributed by atoms with Gasteiger partial charge in [-0.2, -0.15) is 0 Å². The minimum absolute atomic E-state index is 0.0538. The third kappa shape index (κ3) is 3.81. The monoisotopic (exact) mass is 276 g/mol. The average Bonchev–Trinajstić information content (AvgIpc) is 3.24. The number of aliphatic hydroxyl groups is 1. The summed E-state index contributed by atoms with van der Waals surface area (Å²) in [5, 5.41) is 14.3. The molecule has 0 spiro atoms. The molecule has 2 rings (SSSR count). The van der Waals surface area contributed by atoms with Crippen LogP contribution < -0.4 is 10.6 Å². The number of hydrogen-bond donors (Lipinski definition) is 3. The van der Waals surface area contributed by atoms with Gasteiger partial charge in [-0.25, -0.2) is 0 Å². The summed E-state index contributed by atoms with van der Waals surface area (Å²) < 4.78 is 0. The summed E-state index contributed by atoms with van der Waals surface area (Å²) in [6, 6.07) is 7.75. The molecule has 0 unspecified atom stereocenters. The van der Waals surface area contributed by atoms with Crippen LogP contribution in [0.15, 0.2) is 24.3 Å². The van der Waals surface area contributed by atoms with E-state index in [4.69, 9.17) is 5.11 Å². The summed E-state index contributed by atoms with van der Waals surface area (Å²) in [6.07, 6.45) is 1.80.